The minimum atomic E-state index is -0.323. The van der Waals surface area contributed by atoms with E-state index in [1.165, 1.54) is 4.90 Å². The molecule has 22 heavy (non-hydrogen) atoms. The summed E-state index contributed by atoms with van der Waals surface area (Å²) in [4.78, 5) is 33.7. The lowest BCUT2D eigenvalue weighted by atomic mass is 9.78. The highest BCUT2D eigenvalue weighted by Gasteiger charge is 2.49. The van der Waals surface area contributed by atoms with E-state index in [2.05, 4.69) is 17.3 Å². The molecule has 0 N–H and O–H groups in total. The molecule has 3 atom stereocenters. The Morgan fingerprint density at radius 3 is 2.77 bits per heavy atom. The minimum Gasteiger partial charge on any atom is -0.389 e. The topological polar surface area (TPSA) is 62.2 Å². The van der Waals surface area contributed by atoms with Crippen LogP contribution in [-0.2, 0) is 14.4 Å². The molecule has 6 heteroatoms. The van der Waals surface area contributed by atoms with Crippen LogP contribution in [-0.4, -0.2) is 60.6 Å². The van der Waals surface area contributed by atoms with Crippen LogP contribution in [0.3, 0.4) is 0 Å². The van der Waals surface area contributed by atoms with E-state index in [9.17, 15) is 9.59 Å². The van der Waals surface area contributed by atoms with Gasteiger partial charge in [-0.15, -0.1) is 0 Å². The van der Waals surface area contributed by atoms with Gasteiger partial charge < -0.3 is 14.6 Å². The molecule has 0 aromatic heterocycles. The summed E-state index contributed by atoms with van der Waals surface area (Å²) in [6.45, 7) is 3.09. The summed E-state index contributed by atoms with van der Waals surface area (Å²) >= 11 is 0. The Bertz CT molecular complexity index is 555. The number of fused-ring (bicyclic) bond motifs is 1. The van der Waals surface area contributed by atoms with Crippen LogP contribution in [0.2, 0.25) is 0 Å². The molecular weight excluding hydrogens is 282 g/mol. The molecule has 1 fully saturated rings. The van der Waals surface area contributed by atoms with Gasteiger partial charge in [-0.3, -0.25) is 9.59 Å². The fourth-order valence-corrected chi connectivity index (χ4v) is 3.47. The summed E-state index contributed by atoms with van der Waals surface area (Å²) in [7, 11) is 3.40. The predicted molar refractivity (Wildman–Crippen MR) is 82.2 cm³/mol. The first kappa shape index (κ1) is 15.1. The molecule has 2 heterocycles. The summed E-state index contributed by atoms with van der Waals surface area (Å²) < 4.78 is 0. The fourth-order valence-electron chi connectivity index (χ4n) is 3.47. The van der Waals surface area contributed by atoms with E-state index >= 15 is 0 Å². The van der Waals surface area contributed by atoms with Crippen LogP contribution in [0.1, 0.15) is 26.2 Å². The van der Waals surface area contributed by atoms with Gasteiger partial charge in [-0.1, -0.05) is 24.2 Å². The van der Waals surface area contributed by atoms with Crippen molar-refractivity contribution < 1.29 is 14.4 Å². The first-order valence-corrected chi connectivity index (χ1v) is 7.82. The molecule has 0 aromatic carbocycles. The first-order chi connectivity index (χ1) is 10.4. The Hall–Kier alpha value is -1.85. The lowest BCUT2D eigenvalue weighted by Crippen LogP contribution is -2.43. The number of carbonyl (C=O) groups is 2. The second-order valence-corrected chi connectivity index (χ2v) is 6.91. The van der Waals surface area contributed by atoms with E-state index in [-0.39, 0.29) is 29.3 Å². The summed E-state index contributed by atoms with van der Waals surface area (Å²) in [6.07, 6.45) is 6.67. The largest absolute Gasteiger partial charge is 0.389 e. The number of hydrogen-bond donors (Lipinski definition) is 0. The molecule has 1 unspecified atom stereocenters. The maximum atomic E-state index is 12.9. The smallest absolute Gasteiger partial charge is 0.271 e. The Balaban J connectivity index is 1.70. The molecule has 6 nitrogen and oxygen atoms in total. The van der Waals surface area contributed by atoms with E-state index in [1.807, 2.05) is 11.8 Å². The predicted octanol–water partition coefficient (Wildman–Crippen LogP) is 1.03. The van der Waals surface area contributed by atoms with E-state index in [0.717, 1.165) is 19.3 Å². The number of rotatable bonds is 2. The third-order valence-corrected chi connectivity index (χ3v) is 4.93. The van der Waals surface area contributed by atoms with E-state index in [0.29, 0.717) is 18.8 Å². The highest BCUT2D eigenvalue weighted by Crippen LogP contribution is 2.37. The van der Waals surface area contributed by atoms with Crippen LogP contribution in [0.5, 0.6) is 0 Å². The maximum absolute atomic E-state index is 12.9. The number of allylic oxidation sites excluding steroid dienone is 2. The van der Waals surface area contributed by atoms with Crippen molar-refractivity contribution in [3.63, 3.8) is 0 Å². The summed E-state index contributed by atoms with van der Waals surface area (Å²) in [6, 6.07) is 0. The molecule has 0 radical (unpaired) electrons. The van der Waals surface area contributed by atoms with E-state index < -0.39 is 0 Å². The van der Waals surface area contributed by atoms with Crippen LogP contribution in [0.4, 0.5) is 0 Å². The molecule has 0 aromatic rings. The molecule has 2 aliphatic heterocycles. The molecule has 1 aliphatic carbocycles. The van der Waals surface area contributed by atoms with Gasteiger partial charge in [-0.2, -0.15) is 0 Å². The number of amides is 2. The molecule has 3 aliphatic rings. The van der Waals surface area contributed by atoms with Gasteiger partial charge in [0.1, 0.15) is 0 Å². The van der Waals surface area contributed by atoms with Crippen molar-refractivity contribution in [3.05, 3.63) is 12.2 Å². The monoisotopic (exact) mass is 305 g/mol. The van der Waals surface area contributed by atoms with Crippen molar-refractivity contribution >= 4 is 17.5 Å². The summed E-state index contributed by atoms with van der Waals surface area (Å²) in [5.74, 6) is -0.0540. The number of nitrogens with zero attached hydrogens (tertiary/aromatic N) is 3. The van der Waals surface area contributed by atoms with E-state index in [1.54, 1.807) is 14.1 Å². The van der Waals surface area contributed by atoms with Gasteiger partial charge in [-0.25, -0.2) is 0 Å². The van der Waals surface area contributed by atoms with Crippen LogP contribution in [0.15, 0.2) is 17.3 Å². The number of likely N-dealkylation sites (tertiary alicyclic amines) is 1. The third-order valence-electron chi connectivity index (χ3n) is 4.93. The Morgan fingerprint density at radius 1 is 1.36 bits per heavy atom. The lowest BCUT2D eigenvalue weighted by Gasteiger charge is -2.33. The molecule has 120 valence electrons. The van der Waals surface area contributed by atoms with Crippen molar-refractivity contribution in [2.24, 2.45) is 16.5 Å². The van der Waals surface area contributed by atoms with Crippen LogP contribution < -0.4 is 0 Å². The van der Waals surface area contributed by atoms with Crippen LogP contribution >= 0.6 is 0 Å². The van der Waals surface area contributed by atoms with Gasteiger partial charge in [-0.05, 0) is 19.3 Å². The number of hydrogen-bond acceptors (Lipinski definition) is 4. The fraction of sp³-hybridized carbons (Fsp3) is 0.688. The van der Waals surface area contributed by atoms with Crippen molar-refractivity contribution in [2.45, 2.75) is 32.3 Å². The summed E-state index contributed by atoms with van der Waals surface area (Å²) in [5, 5.41) is 3.94. The van der Waals surface area contributed by atoms with Gasteiger partial charge in [0.2, 0.25) is 5.91 Å². The normalized spacial score (nSPS) is 33.2. The Kier molecular flexibility index (Phi) is 3.70. The SMILES string of the molecule is CN(C)C(=O)C1=NO[C@@H]2CN(C(=O)C3(C)CC=CCC3)C[C@H]12. The number of oxime groups is 1. The Labute approximate surface area is 130 Å². The maximum Gasteiger partial charge on any atom is 0.271 e. The third kappa shape index (κ3) is 2.40. The summed E-state index contributed by atoms with van der Waals surface area (Å²) in [5.41, 5.74) is 0.120. The van der Waals surface area contributed by atoms with Gasteiger partial charge in [0.25, 0.3) is 5.91 Å². The highest BCUT2D eigenvalue weighted by atomic mass is 16.6. The van der Waals surface area contributed by atoms with Gasteiger partial charge in [0.15, 0.2) is 11.8 Å². The van der Waals surface area contributed by atoms with Gasteiger partial charge in [0, 0.05) is 20.6 Å². The van der Waals surface area contributed by atoms with Crippen LogP contribution in [0, 0.1) is 11.3 Å². The molecule has 1 saturated heterocycles. The first-order valence-electron chi connectivity index (χ1n) is 7.82. The van der Waals surface area contributed by atoms with Crippen molar-refractivity contribution in [1.29, 1.82) is 0 Å². The lowest BCUT2D eigenvalue weighted by molar-refractivity contribution is -0.141. The zero-order chi connectivity index (χ0) is 15.9. The standard InChI is InChI=1S/C16H23N3O3/c1-16(7-5-4-6-8-16)15(21)19-9-11-12(10-19)22-17-13(11)14(20)18(2)3/h4-5,11-12H,6-10H2,1-3H3/t11-,12+,16?/m0/s1. The molecule has 3 rings (SSSR count). The molecule has 0 saturated carbocycles. The second-order valence-electron chi connectivity index (χ2n) is 6.91. The van der Waals surface area contributed by atoms with Gasteiger partial charge >= 0.3 is 0 Å². The van der Waals surface area contributed by atoms with Crippen molar-refractivity contribution in [3.8, 4) is 0 Å². The Morgan fingerprint density at radius 2 is 2.14 bits per heavy atom. The number of carbonyl (C=O) groups excluding carboxylic acids is 2. The van der Waals surface area contributed by atoms with Crippen LogP contribution in [0.25, 0.3) is 0 Å². The zero-order valence-electron chi connectivity index (χ0n) is 13.4. The molecule has 2 amide bonds. The molecule has 0 spiro atoms. The van der Waals surface area contributed by atoms with Crippen molar-refractivity contribution in [2.75, 3.05) is 27.2 Å². The molecule has 0 bridgehead atoms. The minimum absolute atomic E-state index is 0.0958. The quantitative estimate of drug-likeness (QED) is 0.716. The highest BCUT2D eigenvalue weighted by molar-refractivity contribution is 6.40. The van der Waals surface area contributed by atoms with E-state index in [4.69, 9.17) is 4.84 Å². The van der Waals surface area contributed by atoms with Crippen molar-refractivity contribution in [1.82, 2.24) is 9.80 Å². The molecular formula is C16H23N3O3. The van der Waals surface area contributed by atoms with Gasteiger partial charge in [0.05, 0.1) is 17.9 Å². The average molecular weight is 305 g/mol. The average Bonchev–Trinajstić information content (AvgIpc) is 3.06. The zero-order valence-corrected chi connectivity index (χ0v) is 13.4. The second kappa shape index (κ2) is 5.41.